The molecule has 0 atom stereocenters. The van der Waals surface area contributed by atoms with Crippen molar-refractivity contribution in [1.29, 1.82) is 0 Å². The second-order valence-electron chi connectivity index (χ2n) is 7.20. The van der Waals surface area contributed by atoms with Crippen molar-refractivity contribution >= 4 is 79.6 Å². The van der Waals surface area contributed by atoms with Crippen LogP contribution in [0.25, 0.3) is 0 Å². The van der Waals surface area contributed by atoms with E-state index in [4.69, 9.17) is 0 Å². The van der Waals surface area contributed by atoms with Gasteiger partial charge < -0.3 is 0 Å². The number of halogens is 4. The molecule has 0 bridgehead atoms. The van der Waals surface area contributed by atoms with Crippen molar-refractivity contribution in [3.05, 3.63) is 126 Å². The van der Waals surface area contributed by atoms with Gasteiger partial charge in [0.25, 0.3) is 0 Å². The van der Waals surface area contributed by atoms with Gasteiger partial charge in [0, 0.05) is 0 Å². The van der Waals surface area contributed by atoms with E-state index in [2.05, 4.69) is 179 Å². The molecular formula is C26H24Br4FeP. The number of hydrogen-bond acceptors (Lipinski definition) is 0. The summed E-state index contributed by atoms with van der Waals surface area (Å²) in [6.45, 7) is 2.23. The Morgan fingerprint density at radius 3 is 1.19 bits per heavy atom. The standard InChI is InChI=1S/C26H24P.4BrH.Fe/c1-22-13-11-12-14-23(22)21-27(24-15-5-2-6-16-24,25-17-7-3-8-18-25)26-19-9-4-10-20-26;;;;;/h2-20H,21H2,1H3;4*1H;/q+1;;;;;+3/p-4. The van der Waals surface area contributed by atoms with E-state index in [0.717, 1.165) is 6.16 Å². The van der Waals surface area contributed by atoms with Gasteiger partial charge in [-0.1, -0.05) is 78.9 Å². The van der Waals surface area contributed by atoms with Gasteiger partial charge in [-0.15, -0.1) is 0 Å². The van der Waals surface area contributed by atoms with E-state index >= 15 is 0 Å². The molecule has 32 heavy (non-hydrogen) atoms. The Morgan fingerprint density at radius 2 is 0.844 bits per heavy atom. The molecular weight excluding hydrogens is 719 g/mol. The summed E-state index contributed by atoms with van der Waals surface area (Å²) in [5.74, 6) is 0. The van der Waals surface area contributed by atoms with Crippen LogP contribution in [-0.2, 0) is 11.8 Å². The molecule has 0 nitrogen and oxygen atoms in total. The molecule has 0 heterocycles. The third-order valence-corrected chi connectivity index (χ3v) is 9.61. The van der Waals surface area contributed by atoms with E-state index < -0.39 is 12.9 Å². The number of aryl methyl sites for hydroxylation is 1. The van der Waals surface area contributed by atoms with Crippen molar-refractivity contribution in [2.24, 2.45) is 0 Å². The van der Waals surface area contributed by atoms with Crippen molar-refractivity contribution in [3.63, 3.8) is 0 Å². The fraction of sp³-hybridized carbons (Fsp3) is 0.0769. The first-order chi connectivity index (χ1) is 15.3. The normalized spacial score (nSPS) is 11.9. The van der Waals surface area contributed by atoms with E-state index in [0.29, 0.717) is 0 Å². The molecule has 169 valence electrons. The maximum atomic E-state index is 3.25. The van der Waals surface area contributed by atoms with E-state index in [9.17, 15) is 0 Å². The third-order valence-electron chi connectivity index (χ3n) is 5.26. The van der Waals surface area contributed by atoms with Crippen LogP contribution in [0.2, 0.25) is 0 Å². The summed E-state index contributed by atoms with van der Waals surface area (Å²) in [6.07, 6.45) is 1.04. The SMILES string of the molecule is Cc1ccccc1C[P+](c1ccccc1)(c1ccccc1)c1ccccc1.[Br][Fe-]([Br])([Br])[Br]. The van der Waals surface area contributed by atoms with Crippen molar-refractivity contribution in [3.8, 4) is 0 Å². The predicted molar refractivity (Wildman–Crippen MR) is 156 cm³/mol. The Labute approximate surface area is 222 Å². The van der Waals surface area contributed by atoms with E-state index in [1.807, 2.05) is 0 Å². The number of rotatable bonds is 5. The summed E-state index contributed by atoms with van der Waals surface area (Å²) >= 11 is 13.0. The fourth-order valence-electron chi connectivity index (χ4n) is 3.81. The van der Waals surface area contributed by atoms with Gasteiger partial charge >= 0.3 is 62.1 Å². The maximum absolute atomic E-state index is 3.25. The van der Waals surface area contributed by atoms with Crippen molar-refractivity contribution in [2.75, 3.05) is 0 Å². The van der Waals surface area contributed by atoms with Crippen LogP contribution in [0.4, 0.5) is 0 Å². The molecule has 0 aliphatic heterocycles. The van der Waals surface area contributed by atoms with Gasteiger partial charge in [-0.05, 0) is 54.4 Å². The van der Waals surface area contributed by atoms with Crippen LogP contribution in [0.3, 0.4) is 0 Å². The molecule has 4 aromatic carbocycles. The molecule has 0 saturated carbocycles. The first kappa shape index (κ1) is 26.4. The predicted octanol–water partition coefficient (Wildman–Crippen LogP) is 8.87. The Bertz CT molecular complexity index is 998. The Kier molecular flexibility index (Phi) is 10.3. The minimum absolute atomic E-state index is 1.04. The molecule has 0 spiro atoms. The van der Waals surface area contributed by atoms with Gasteiger partial charge in [0.05, 0.1) is 6.16 Å². The van der Waals surface area contributed by atoms with Crippen molar-refractivity contribution in [1.82, 2.24) is 0 Å². The van der Waals surface area contributed by atoms with Crippen LogP contribution in [0.15, 0.2) is 115 Å². The molecule has 0 aliphatic carbocycles. The van der Waals surface area contributed by atoms with E-state index in [-0.39, 0.29) is 0 Å². The zero-order valence-electron chi connectivity index (χ0n) is 17.5. The molecule has 0 amide bonds. The first-order valence-corrected chi connectivity index (χ1v) is 22.8. The zero-order chi connectivity index (χ0) is 23.0. The number of hydrogen-bond donors (Lipinski definition) is 0. The second kappa shape index (κ2) is 12.5. The summed E-state index contributed by atoms with van der Waals surface area (Å²) in [6, 6.07) is 42.1. The molecule has 4 rings (SSSR count). The molecule has 0 unspecified atom stereocenters. The molecule has 4 aromatic rings. The molecule has 6 heteroatoms. The Balaban J connectivity index is 0.000000523. The van der Waals surface area contributed by atoms with Crippen LogP contribution in [-0.4, -0.2) is 0 Å². The Hall–Kier alpha value is -0.251. The topological polar surface area (TPSA) is 0 Å². The summed E-state index contributed by atoms with van der Waals surface area (Å²) < 4.78 is 0. The summed E-state index contributed by atoms with van der Waals surface area (Å²) in [4.78, 5) is 0. The van der Waals surface area contributed by atoms with Crippen molar-refractivity contribution in [2.45, 2.75) is 13.1 Å². The zero-order valence-corrected chi connectivity index (χ0v) is 25.8. The van der Waals surface area contributed by atoms with Gasteiger partial charge in [-0.25, -0.2) is 0 Å². The fourth-order valence-corrected chi connectivity index (χ4v) is 8.16. The minimum atomic E-state index is -1.80. The van der Waals surface area contributed by atoms with Crippen LogP contribution in [0.5, 0.6) is 0 Å². The quantitative estimate of drug-likeness (QED) is 0.142. The molecule has 0 N–H and O–H groups in total. The van der Waals surface area contributed by atoms with Gasteiger partial charge in [0.15, 0.2) is 0 Å². The van der Waals surface area contributed by atoms with E-state index in [1.54, 1.807) is 0 Å². The first-order valence-electron chi connectivity index (χ1n) is 9.93. The second-order valence-corrected chi connectivity index (χ2v) is 44.1. The van der Waals surface area contributed by atoms with Gasteiger partial charge in [0.1, 0.15) is 23.2 Å². The Morgan fingerprint density at radius 1 is 0.531 bits per heavy atom. The van der Waals surface area contributed by atoms with Crippen LogP contribution < -0.4 is 15.9 Å². The van der Waals surface area contributed by atoms with E-state index in [1.165, 1.54) is 27.0 Å². The molecule has 0 aliphatic rings. The van der Waals surface area contributed by atoms with Crippen LogP contribution in [0.1, 0.15) is 11.1 Å². The average Bonchev–Trinajstić information content (AvgIpc) is 2.79. The van der Waals surface area contributed by atoms with Crippen molar-refractivity contribution < 1.29 is 5.61 Å². The average molecular weight is 743 g/mol. The number of benzene rings is 4. The molecule has 0 saturated heterocycles. The summed E-state index contributed by atoms with van der Waals surface area (Å²) in [5.41, 5.74) is 1.55. The summed E-state index contributed by atoms with van der Waals surface area (Å²) in [7, 11) is -1.80. The van der Waals surface area contributed by atoms with Gasteiger partial charge in [-0.2, -0.15) is 0 Å². The summed E-state index contributed by atoms with van der Waals surface area (Å²) in [5, 5.41) is 4.31. The molecule has 0 radical (unpaired) electrons. The van der Waals surface area contributed by atoms with Crippen LogP contribution >= 0.6 is 63.7 Å². The molecule has 0 aromatic heterocycles. The van der Waals surface area contributed by atoms with Gasteiger partial charge in [0.2, 0.25) is 0 Å². The van der Waals surface area contributed by atoms with Crippen LogP contribution in [0, 0.1) is 6.92 Å². The van der Waals surface area contributed by atoms with Gasteiger partial charge in [-0.3, -0.25) is 0 Å². The molecule has 0 fully saturated rings. The third kappa shape index (κ3) is 7.37. The monoisotopic (exact) mass is 739 g/mol.